The van der Waals surface area contributed by atoms with Crippen LogP contribution in [0.5, 0.6) is 0 Å². The molecule has 0 unspecified atom stereocenters. The highest BCUT2D eigenvalue weighted by atomic mass is 32.2. The number of hydrogen-bond acceptors (Lipinski definition) is 5. The monoisotopic (exact) mass is 182 g/mol. The molecule has 4 N–H and O–H groups in total. The van der Waals surface area contributed by atoms with Crippen LogP contribution in [-0.2, 0) is 19.1 Å². The predicted molar refractivity (Wildman–Crippen MR) is 38.0 cm³/mol. The molecule has 0 atom stereocenters. The van der Waals surface area contributed by atoms with Gasteiger partial charge >= 0.3 is 0 Å². The van der Waals surface area contributed by atoms with Gasteiger partial charge in [-0.05, 0) is 0 Å². The molecule has 0 aliphatic carbocycles. The molecule has 0 aromatic heterocycles. The molecule has 7 heteroatoms. The van der Waals surface area contributed by atoms with E-state index in [-0.39, 0.29) is 12.3 Å². The van der Waals surface area contributed by atoms with Gasteiger partial charge in [0.2, 0.25) is 5.91 Å². The molecule has 0 aromatic rings. The van der Waals surface area contributed by atoms with E-state index in [1.165, 1.54) is 0 Å². The summed E-state index contributed by atoms with van der Waals surface area (Å²) in [5.74, 6) is -1.13. The third-order valence-corrected chi connectivity index (χ3v) is 1.96. The Hall–Kier alpha value is -0.660. The van der Waals surface area contributed by atoms with E-state index in [1.54, 1.807) is 0 Å². The summed E-state index contributed by atoms with van der Waals surface area (Å²) in [6, 6.07) is 0. The van der Waals surface area contributed by atoms with Crippen molar-refractivity contribution in [2.24, 2.45) is 11.5 Å². The van der Waals surface area contributed by atoms with Crippen LogP contribution >= 0.6 is 0 Å². The minimum absolute atomic E-state index is 0.0406. The minimum Gasteiger partial charge on any atom is -0.368 e. The van der Waals surface area contributed by atoms with E-state index in [4.69, 9.17) is 5.73 Å². The van der Waals surface area contributed by atoms with Crippen molar-refractivity contribution in [3.8, 4) is 0 Å². The number of carbonyl (C=O) groups is 1. The Morgan fingerprint density at radius 2 is 2.00 bits per heavy atom. The van der Waals surface area contributed by atoms with Gasteiger partial charge in [0, 0.05) is 6.54 Å². The summed E-state index contributed by atoms with van der Waals surface area (Å²) in [5, 5.41) is 0. The topological polar surface area (TPSA) is 112 Å². The lowest BCUT2D eigenvalue weighted by Crippen LogP contribution is -2.24. The normalized spacial score (nSPS) is 11.4. The first-order valence-corrected chi connectivity index (χ1v) is 4.41. The van der Waals surface area contributed by atoms with E-state index in [2.05, 4.69) is 9.92 Å². The van der Waals surface area contributed by atoms with Crippen LogP contribution in [0.4, 0.5) is 0 Å². The second kappa shape index (κ2) is 4.27. The zero-order chi connectivity index (χ0) is 8.91. The molecule has 0 bridgehead atoms. The summed E-state index contributed by atoms with van der Waals surface area (Å²) in [7, 11) is -3.65. The molecule has 11 heavy (non-hydrogen) atoms. The molecule has 0 aromatic carbocycles. The number of carbonyl (C=O) groups excluding carboxylic acids is 1. The first-order valence-electron chi connectivity index (χ1n) is 2.83. The van der Waals surface area contributed by atoms with E-state index < -0.39 is 22.6 Å². The molecule has 1 amide bonds. The molecular weight excluding hydrogens is 172 g/mol. The summed E-state index contributed by atoms with van der Waals surface area (Å²) in [6.07, 6.45) is 0. The van der Waals surface area contributed by atoms with Gasteiger partial charge < -0.3 is 11.5 Å². The SMILES string of the molecule is NCCS(=O)(=O)OCC(N)=O. The molecule has 0 heterocycles. The van der Waals surface area contributed by atoms with Crippen molar-refractivity contribution < 1.29 is 17.4 Å². The van der Waals surface area contributed by atoms with Gasteiger partial charge in [-0.1, -0.05) is 0 Å². The zero-order valence-corrected chi connectivity index (χ0v) is 6.63. The van der Waals surface area contributed by atoms with Gasteiger partial charge in [-0.3, -0.25) is 8.98 Å². The fourth-order valence-electron chi connectivity index (χ4n) is 0.351. The van der Waals surface area contributed by atoms with Crippen LogP contribution in [0.15, 0.2) is 0 Å². The van der Waals surface area contributed by atoms with Gasteiger partial charge in [-0.25, -0.2) is 0 Å². The molecule has 66 valence electrons. The van der Waals surface area contributed by atoms with Crippen molar-refractivity contribution in [1.29, 1.82) is 0 Å². The molecule has 0 saturated carbocycles. The van der Waals surface area contributed by atoms with Crippen molar-refractivity contribution in [3.63, 3.8) is 0 Å². The Morgan fingerprint density at radius 3 is 2.36 bits per heavy atom. The fourth-order valence-corrected chi connectivity index (χ4v) is 1.05. The number of rotatable bonds is 5. The number of nitrogens with two attached hydrogens (primary N) is 2. The summed E-state index contributed by atoms with van der Waals surface area (Å²) < 4.78 is 25.4. The molecular formula is C4H10N2O4S. The average Bonchev–Trinajstić information content (AvgIpc) is 1.84. The first-order chi connectivity index (χ1) is 4.98. The summed E-state index contributed by atoms with van der Waals surface area (Å²) in [4.78, 5) is 10.1. The maximum absolute atomic E-state index is 10.6. The van der Waals surface area contributed by atoms with E-state index in [1.807, 2.05) is 0 Å². The highest BCUT2D eigenvalue weighted by molar-refractivity contribution is 7.86. The van der Waals surface area contributed by atoms with Crippen molar-refractivity contribution in [1.82, 2.24) is 0 Å². The van der Waals surface area contributed by atoms with Crippen molar-refractivity contribution in [3.05, 3.63) is 0 Å². The van der Waals surface area contributed by atoms with E-state index in [0.29, 0.717) is 0 Å². The minimum atomic E-state index is -3.65. The molecule has 0 aliphatic rings. The lowest BCUT2D eigenvalue weighted by Gasteiger charge is -2.00. The maximum Gasteiger partial charge on any atom is 0.269 e. The second-order valence-corrected chi connectivity index (χ2v) is 3.54. The number of amides is 1. The fraction of sp³-hybridized carbons (Fsp3) is 0.750. The van der Waals surface area contributed by atoms with Crippen LogP contribution in [0, 0.1) is 0 Å². The van der Waals surface area contributed by atoms with Crippen LogP contribution < -0.4 is 11.5 Å². The Bertz CT molecular complexity index is 222. The molecule has 0 spiro atoms. The summed E-state index contributed by atoms with van der Waals surface area (Å²) >= 11 is 0. The van der Waals surface area contributed by atoms with Gasteiger partial charge in [0.25, 0.3) is 10.1 Å². The van der Waals surface area contributed by atoms with E-state index in [9.17, 15) is 13.2 Å². The Labute approximate surface area is 64.6 Å². The van der Waals surface area contributed by atoms with Crippen molar-refractivity contribution in [2.45, 2.75) is 0 Å². The Balaban J connectivity index is 3.84. The molecule has 6 nitrogen and oxygen atoms in total. The molecule has 0 rings (SSSR count). The lowest BCUT2D eigenvalue weighted by atomic mass is 10.7. The lowest BCUT2D eigenvalue weighted by molar-refractivity contribution is -0.119. The third kappa shape index (κ3) is 5.77. The molecule has 0 radical (unpaired) electrons. The molecule has 0 aliphatic heterocycles. The Morgan fingerprint density at radius 1 is 1.45 bits per heavy atom. The number of hydrogen-bond donors (Lipinski definition) is 2. The summed E-state index contributed by atoms with van der Waals surface area (Å²) in [5.41, 5.74) is 9.58. The van der Waals surface area contributed by atoms with Gasteiger partial charge in [-0.15, -0.1) is 0 Å². The smallest absolute Gasteiger partial charge is 0.269 e. The standard InChI is InChI=1S/C4H10N2O4S/c5-1-2-11(8,9)10-3-4(6)7/h1-3,5H2,(H2,6,7). The average molecular weight is 182 g/mol. The van der Waals surface area contributed by atoms with Crippen LogP contribution in [-0.4, -0.2) is 33.2 Å². The van der Waals surface area contributed by atoms with Gasteiger partial charge in [0.1, 0.15) is 6.61 Å². The highest BCUT2D eigenvalue weighted by Gasteiger charge is 2.10. The zero-order valence-electron chi connectivity index (χ0n) is 5.82. The van der Waals surface area contributed by atoms with Gasteiger partial charge in [-0.2, -0.15) is 8.42 Å². The maximum atomic E-state index is 10.6. The van der Waals surface area contributed by atoms with E-state index in [0.717, 1.165) is 0 Å². The van der Waals surface area contributed by atoms with Gasteiger partial charge in [0.15, 0.2) is 0 Å². The van der Waals surface area contributed by atoms with Crippen LogP contribution in [0.3, 0.4) is 0 Å². The van der Waals surface area contributed by atoms with E-state index >= 15 is 0 Å². The quantitative estimate of drug-likeness (QED) is 0.467. The summed E-state index contributed by atoms with van der Waals surface area (Å²) in [6.45, 7) is -0.663. The molecule has 0 fully saturated rings. The van der Waals surface area contributed by atoms with Crippen LogP contribution in [0.1, 0.15) is 0 Å². The highest BCUT2D eigenvalue weighted by Crippen LogP contribution is 1.89. The van der Waals surface area contributed by atoms with Gasteiger partial charge in [0.05, 0.1) is 5.75 Å². The Kier molecular flexibility index (Phi) is 4.01. The number of primary amides is 1. The second-order valence-electron chi connectivity index (χ2n) is 1.78. The first kappa shape index (κ1) is 10.3. The van der Waals surface area contributed by atoms with Crippen LogP contribution in [0.2, 0.25) is 0 Å². The van der Waals surface area contributed by atoms with Crippen molar-refractivity contribution >= 4 is 16.0 Å². The third-order valence-electron chi connectivity index (χ3n) is 0.749. The van der Waals surface area contributed by atoms with Crippen LogP contribution in [0.25, 0.3) is 0 Å². The molecule has 0 saturated heterocycles. The largest absolute Gasteiger partial charge is 0.368 e. The van der Waals surface area contributed by atoms with Crippen molar-refractivity contribution in [2.75, 3.05) is 18.9 Å². The predicted octanol–water partition coefficient (Wildman–Crippen LogP) is -2.22.